The smallest absolute Gasteiger partial charge is 0.270 e. The Bertz CT molecular complexity index is 1330. The minimum atomic E-state index is -0.366. The van der Waals surface area contributed by atoms with E-state index in [-0.39, 0.29) is 18.4 Å². The van der Waals surface area contributed by atoms with Crippen molar-refractivity contribution in [2.24, 2.45) is 0 Å². The zero-order valence-electron chi connectivity index (χ0n) is 18.6. The Morgan fingerprint density at radius 1 is 1.11 bits per heavy atom. The molecule has 0 atom stereocenters. The van der Waals surface area contributed by atoms with Gasteiger partial charge in [0, 0.05) is 5.02 Å². The molecule has 0 spiro atoms. The number of hydrogen-bond acceptors (Lipinski definition) is 5. The molecule has 0 aliphatic carbocycles. The van der Waals surface area contributed by atoms with Gasteiger partial charge in [-0.3, -0.25) is 14.5 Å². The van der Waals surface area contributed by atoms with Crippen molar-refractivity contribution in [3.63, 3.8) is 0 Å². The van der Waals surface area contributed by atoms with Gasteiger partial charge < -0.3 is 10.1 Å². The topological polar surface area (TPSA) is 58.6 Å². The second-order valence-electron chi connectivity index (χ2n) is 7.57. The van der Waals surface area contributed by atoms with Crippen molar-refractivity contribution < 1.29 is 14.3 Å². The predicted molar refractivity (Wildman–Crippen MR) is 149 cm³/mol. The third-order valence-corrected chi connectivity index (χ3v) is 6.98. The van der Waals surface area contributed by atoms with Crippen LogP contribution in [0.3, 0.4) is 0 Å². The summed E-state index contributed by atoms with van der Waals surface area (Å²) in [5, 5.41) is 3.50. The molecule has 0 radical (unpaired) electrons. The van der Waals surface area contributed by atoms with E-state index < -0.39 is 0 Å². The third kappa shape index (κ3) is 6.24. The number of carbonyl (C=O) groups excluding carboxylic acids is 2. The zero-order valence-corrected chi connectivity index (χ0v) is 21.7. The number of halogens is 2. The maximum atomic E-state index is 13.0. The lowest BCUT2D eigenvalue weighted by Gasteiger charge is -2.14. The zero-order chi connectivity index (χ0) is 24.9. The Morgan fingerprint density at radius 3 is 2.60 bits per heavy atom. The van der Waals surface area contributed by atoms with Gasteiger partial charge in [-0.15, -0.1) is 0 Å². The number of amides is 2. The third-order valence-electron chi connectivity index (χ3n) is 5.13. The van der Waals surface area contributed by atoms with Crippen molar-refractivity contribution in [2.45, 2.75) is 13.3 Å². The van der Waals surface area contributed by atoms with Crippen molar-refractivity contribution >= 4 is 80.8 Å². The van der Waals surface area contributed by atoms with E-state index in [9.17, 15) is 9.59 Å². The summed E-state index contributed by atoms with van der Waals surface area (Å²) in [7, 11) is 0. The molecular weight excluding hydrogens is 523 g/mol. The molecule has 178 valence electrons. The van der Waals surface area contributed by atoms with Crippen molar-refractivity contribution in [1.82, 2.24) is 0 Å². The van der Waals surface area contributed by atoms with Gasteiger partial charge in [0.15, 0.2) is 10.9 Å². The van der Waals surface area contributed by atoms with E-state index in [0.29, 0.717) is 30.7 Å². The molecule has 3 aromatic rings. The highest BCUT2D eigenvalue weighted by molar-refractivity contribution is 8.27. The predicted octanol–water partition coefficient (Wildman–Crippen LogP) is 6.98. The highest BCUT2D eigenvalue weighted by Crippen LogP contribution is 2.36. The largest absolute Gasteiger partial charge is 0.484 e. The first kappa shape index (κ1) is 25.3. The Balaban J connectivity index is 1.42. The van der Waals surface area contributed by atoms with Crippen LogP contribution in [-0.2, 0) is 16.0 Å². The molecule has 0 aromatic heterocycles. The van der Waals surface area contributed by atoms with Gasteiger partial charge >= 0.3 is 0 Å². The Labute approximate surface area is 223 Å². The standard InChI is InChI=1S/C26H20Cl2N2O3S2/c1-2-16-6-9-19(10-7-16)30-25(32)23(35-26(30)34)13-17-4-3-5-20(12-17)33-15-24(31)29-22-11-8-18(27)14-21(22)28/h3-14H,2,15H2,1H3,(H,29,31)/b23-13-. The van der Waals surface area contributed by atoms with Gasteiger partial charge in [-0.2, -0.15) is 0 Å². The summed E-state index contributed by atoms with van der Waals surface area (Å²) in [5.41, 5.74) is 3.14. The molecule has 4 rings (SSSR count). The monoisotopic (exact) mass is 542 g/mol. The van der Waals surface area contributed by atoms with Gasteiger partial charge in [0.05, 0.1) is 21.3 Å². The van der Waals surface area contributed by atoms with Crippen LogP contribution in [0, 0.1) is 0 Å². The molecule has 0 saturated carbocycles. The number of nitrogens with zero attached hydrogens (tertiary/aromatic N) is 1. The Hall–Kier alpha value is -2.84. The van der Waals surface area contributed by atoms with Crippen molar-refractivity contribution in [1.29, 1.82) is 0 Å². The van der Waals surface area contributed by atoms with Crippen LogP contribution in [0.5, 0.6) is 5.75 Å². The maximum absolute atomic E-state index is 13.0. The number of rotatable bonds is 7. The molecule has 1 heterocycles. The molecule has 2 amide bonds. The van der Waals surface area contributed by atoms with Crippen molar-refractivity contribution in [3.05, 3.63) is 92.8 Å². The van der Waals surface area contributed by atoms with E-state index in [0.717, 1.165) is 17.7 Å². The van der Waals surface area contributed by atoms with Gasteiger partial charge in [0.2, 0.25) is 0 Å². The SMILES string of the molecule is CCc1ccc(N2C(=O)/C(=C/c3cccc(OCC(=O)Nc4ccc(Cl)cc4Cl)c3)SC2=S)cc1. The summed E-state index contributed by atoms with van der Waals surface area (Å²) in [6.07, 6.45) is 2.69. The molecule has 1 saturated heterocycles. The number of hydrogen-bond donors (Lipinski definition) is 1. The van der Waals surface area contributed by atoms with Crippen LogP contribution >= 0.6 is 47.2 Å². The van der Waals surface area contributed by atoms with Crippen LogP contribution in [0.25, 0.3) is 6.08 Å². The Morgan fingerprint density at radius 2 is 1.89 bits per heavy atom. The van der Waals surface area contributed by atoms with E-state index in [1.165, 1.54) is 22.2 Å². The number of benzene rings is 3. The fourth-order valence-corrected chi connectivity index (χ4v) is 5.10. The summed E-state index contributed by atoms with van der Waals surface area (Å²) in [4.78, 5) is 27.4. The van der Waals surface area contributed by atoms with Crippen LogP contribution in [0.15, 0.2) is 71.6 Å². The first-order valence-corrected chi connectivity index (χ1v) is 12.7. The molecule has 5 nitrogen and oxygen atoms in total. The quantitative estimate of drug-likeness (QED) is 0.257. The van der Waals surface area contributed by atoms with Gasteiger partial charge in [-0.05, 0) is 66.1 Å². The lowest BCUT2D eigenvalue weighted by Crippen LogP contribution is -2.27. The van der Waals surface area contributed by atoms with Crippen LogP contribution in [0.2, 0.25) is 10.0 Å². The first-order chi connectivity index (χ1) is 16.8. The highest BCUT2D eigenvalue weighted by Gasteiger charge is 2.33. The number of aryl methyl sites for hydroxylation is 1. The van der Waals surface area contributed by atoms with Gasteiger partial charge in [-0.1, -0.05) is 78.4 Å². The molecule has 1 aliphatic rings. The number of nitrogens with one attached hydrogen (secondary N) is 1. The maximum Gasteiger partial charge on any atom is 0.270 e. The van der Waals surface area contributed by atoms with E-state index in [2.05, 4.69) is 12.2 Å². The number of anilines is 2. The van der Waals surface area contributed by atoms with Gasteiger partial charge in [0.25, 0.3) is 11.8 Å². The molecule has 35 heavy (non-hydrogen) atoms. The molecular formula is C26H20Cl2N2O3S2. The normalized spacial score (nSPS) is 14.5. The van der Waals surface area contributed by atoms with Crippen molar-refractivity contribution in [2.75, 3.05) is 16.8 Å². The summed E-state index contributed by atoms with van der Waals surface area (Å²) in [6, 6.07) is 19.7. The summed E-state index contributed by atoms with van der Waals surface area (Å²) in [6.45, 7) is 1.87. The summed E-state index contributed by atoms with van der Waals surface area (Å²) in [5.74, 6) is -0.0499. The van der Waals surface area contributed by atoms with Crippen LogP contribution in [0.4, 0.5) is 11.4 Å². The van der Waals surface area contributed by atoms with E-state index in [1.807, 2.05) is 30.3 Å². The fraction of sp³-hybridized carbons (Fsp3) is 0.115. The molecule has 0 unspecified atom stereocenters. The Kier molecular flexibility index (Phi) is 8.13. The summed E-state index contributed by atoms with van der Waals surface area (Å²) >= 11 is 18.7. The summed E-state index contributed by atoms with van der Waals surface area (Å²) < 4.78 is 6.11. The second-order valence-corrected chi connectivity index (χ2v) is 10.1. The van der Waals surface area contributed by atoms with E-state index in [1.54, 1.807) is 42.5 Å². The first-order valence-electron chi connectivity index (χ1n) is 10.7. The van der Waals surface area contributed by atoms with Crippen molar-refractivity contribution in [3.8, 4) is 5.75 Å². The van der Waals surface area contributed by atoms with E-state index >= 15 is 0 Å². The number of thioether (sulfide) groups is 1. The minimum absolute atomic E-state index is 0.171. The number of thiocarbonyl (C=S) groups is 1. The number of carbonyl (C=O) groups is 2. The molecule has 1 fully saturated rings. The second kappa shape index (κ2) is 11.3. The van der Waals surface area contributed by atoms with Crippen LogP contribution < -0.4 is 15.0 Å². The lowest BCUT2D eigenvalue weighted by atomic mass is 10.1. The fourth-order valence-electron chi connectivity index (χ4n) is 3.34. The van der Waals surface area contributed by atoms with Gasteiger partial charge in [-0.25, -0.2) is 0 Å². The minimum Gasteiger partial charge on any atom is -0.484 e. The lowest BCUT2D eigenvalue weighted by molar-refractivity contribution is -0.118. The highest BCUT2D eigenvalue weighted by atomic mass is 35.5. The molecule has 1 N–H and O–H groups in total. The number of ether oxygens (including phenoxy) is 1. The molecule has 0 bridgehead atoms. The molecule has 1 aliphatic heterocycles. The van der Waals surface area contributed by atoms with E-state index in [4.69, 9.17) is 40.2 Å². The van der Waals surface area contributed by atoms with Crippen LogP contribution in [-0.4, -0.2) is 22.7 Å². The average Bonchev–Trinajstić information content (AvgIpc) is 3.12. The van der Waals surface area contributed by atoms with Crippen LogP contribution in [0.1, 0.15) is 18.1 Å². The molecule has 3 aromatic carbocycles. The average molecular weight is 543 g/mol. The van der Waals surface area contributed by atoms with Gasteiger partial charge in [0.1, 0.15) is 5.75 Å². The molecule has 9 heteroatoms.